The molecule has 0 radical (unpaired) electrons. The van der Waals surface area contributed by atoms with Gasteiger partial charge >= 0.3 is 0 Å². The molecule has 0 amide bonds. The van der Waals surface area contributed by atoms with Crippen molar-refractivity contribution in [2.45, 2.75) is 31.8 Å². The van der Waals surface area contributed by atoms with Crippen LogP contribution in [0.25, 0.3) is 11.4 Å². The van der Waals surface area contributed by atoms with Crippen LogP contribution in [0.4, 0.5) is 5.95 Å². The highest BCUT2D eigenvalue weighted by Crippen LogP contribution is 2.24. The lowest BCUT2D eigenvalue weighted by Gasteiger charge is -2.14. The van der Waals surface area contributed by atoms with E-state index in [1.165, 1.54) is 29.8 Å². The van der Waals surface area contributed by atoms with Gasteiger partial charge in [-0.25, -0.2) is 15.0 Å². The second-order valence-electron chi connectivity index (χ2n) is 7.29. The molecule has 3 aromatic rings. The van der Waals surface area contributed by atoms with E-state index in [0.717, 1.165) is 12.8 Å². The van der Waals surface area contributed by atoms with Gasteiger partial charge in [0.1, 0.15) is 12.1 Å². The molecular weight excluding hydrogens is 382 g/mol. The first-order valence-electron chi connectivity index (χ1n) is 9.98. The van der Waals surface area contributed by atoms with Crippen LogP contribution in [-0.2, 0) is 7.05 Å². The number of carbonyl (C=O) groups excluding carboxylic acids is 1. The molecule has 4 rings (SSSR count). The van der Waals surface area contributed by atoms with E-state index in [1.807, 2.05) is 12.1 Å². The lowest BCUT2D eigenvalue weighted by molar-refractivity contribution is 0.100. The van der Waals surface area contributed by atoms with E-state index in [0.29, 0.717) is 28.6 Å². The Labute approximate surface area is 174 Å². The average Bonchev–Trinajstić information content (AvgIpc) is 3.28. The number of Topliss-reactive ketones (excluding diaryl/α,β-unsaturated/α-hetero) is 1. The normalized spacial score (nSPS) is 13.9. The van der Waals surface area contributed by atoms with E-state index in [-0.39, 0.29) is 24.0 Å². The van der Waals surface area contributed by atoms with Gasteiger partial charge in [-0.1, -0.05) is 12.1 Å². The van der Waals surface area contributed by atoms with Gasteiger partial charge in [0.15, 0.2) is 5.78 Å². The second kappa shape index (κ2) is 8.86. The van der Waals surface area contributed by atoms with Gasteiger partial charge in [0.05, 0.1) is 24.0 Å². The molecule has 0 atom stereocenters. The van der Waals surface area contributed by atoms with Crippen molar-refractivity contribution >= 4 is 11.7 Å². The lowest BCUT2D eigenvalue weighted by Crippen LogP contribution is -2.24. The Bertz CT molecular complexity index is 1090. The second-order valence-corrected chi connectivity index (χ2v) is 7.29. The molecule has 0 saturated heterocycles. The van der Waals surface area contributed by atoms with E-state index in [2.05, 4.69) is 20.3 Å². The van der Waals surface area contributed by atoms with Gasteiger partial charge in [-0.05, 0) is 43.9 Å². The van der Waals surface area contributed by atoms with Crippen molar-refractivity contribution in [3.8, 4) is 17.1 Å². The molecule has 1 aliphatic carbocycles. The zero-order valence-corrected chi connectivity index (χ0v) is 16.7. The zero-order chi connectivity index (χ0) is 20.9. The maximum absolute atomic E-state index is 12.7. The molecule has 1 N–H and O–H groups in total. The van der Waals surface area contributed by atoms with E-state index in [9.17, 15) is 9.59 Å². The summed E-state index contributed by atoms with van der Waals surface area (Å²) in [5.74, 6) is 0.889. The van der Waals surface area contributed by atoms with Crippen LogP contribution in [0.2, 0.25) is 0 Å². The fourth-order valence-electron chi connectivity index (χ4n) is 3.47. The van der Waals surface area contributed by atoms with Gasteiger partial charge in [0, 0.05) is 24.9 Å². The van der Waals surface area contributed by atoms with Crippen molar-refractivity contribution in [2.75, 3.05) is 11.9 Å². The molecule has 8 nitrogen and oxygen atoms in total. The summed E-state index contributed by atoms with van der Waals surface area (Å²) in [4.78, 5) is 37.4. The zero-order valence-electron chi connectivity index (χ0n) is 16.7. The van der Waals surface area contributed by atoms with Crippen LogP contribution in [0.1, 0.15) is 36.0 Å². The van der Waals surface area contributed by atoms with Crippen LogP contribution in [0, 0.1) is 0 Å². The van der Waals surface area contributed by atoms with Crippen molar-refractivity contribution in [2.24, 2.45) is 7.05 Å². The summed E-state index contributed by atoms with van der Waals surface area (Å²) >= 11 is 0. The Balaban J connectivity index is 1.47. The molecule has 0 unspecified atom stereocenters. The number of aromatic nitrogens is 4. The van der Waals surface area contributed by atoms with E-state index in [1.54, 1.807) is 31.4 Å². The third kappa shape index (κ3) is 4.53. The number of nitrogens with zero attached hydrogens (tertiary/aromatic N) is 4. The first-order chi connectivity index (χ1) is 14.6. The predicted molar refractivity (Wildman–Crippen MR) is 113 cm³/mol. The van der Waals surface area contributed by atoms with Crippen LogP contribution >= 0.6 is 0 Å². The number of ether oxygens (including phenoxy) is 1. The summed E-state index contributed by atoms with van der Waals surface area (Å²) in [6, 6.07) is 10.3. The Morgan fingerprint density at radius 3 is 2.80 bits per heavy atom. The summed E-state index contributed by atoms with van der Waals surface area (Å²) in [5, 5.41) is 2.97. The SMILES string of the molecule is Cn1c(NCC(=O)c2cccc(OC3CCCC3)c2)nc(-c2ccncn2)cc1=O. The molecular formula is C22H23N5O3. The molecule has 2 heterocycles. The van der Waals surface area contributed by atoms with Crippen molar-refractivity contribution in [1.29, 1.82) is 0 Å². The standard InChI is InChI=1S/C22H23N5O3/c1-27-21(29)12-19(18-9-10-23-14-25-18)26-22(27)24-13-20(28)15-5-4-8-17(11-15)30-16-6-2-3-7-16/h4-5,8-12,14,16H,2-3,6-7,13H2,1H3,(H,24,26). The quantitative estimate of drug-likeness (QED) is 0.604. The van der Waals surface area contributed by atoms with Gasteiger partial charge < -0.3 is 10.1 Å². The third-order valence-electron chi connectivity index (χ3n) is 5.15. The minimum atomic E-state index is -0.250. The summed E-state index contributed by atoms with van der Waals surface area (Å²) in [7, 11) is 1.60. The van der Waals surface area contributed by atoms with E-state index < -0.39 is 0 Å². The predicted octanol–water partition coefficient (Wildman–Crippen LogP) is 2.85. The lowest BCUT2D eigenvalue weighted by atomic mass is 10.1. The topological polar surface area (TPSA) is 99.0 Å². The van der Waals surface area contributed by atoms with Crippen molar-refractivity contribution in [3.05, 3.63) is 64.8 Å². The highest BCUT2D eigenvalue weighted by molar-refractivity contribution is 5.99. The fraction of sp³-hybridized carbons (Fsp3) is 0.318. The van der Waals surface area contributed by atoms with E-state index in [4.69, 9.17) is 4.74 Å². The number of nitrogens with one attached hydrogen (secondary N) is 1. The van der Waals surface area contributed by atoms with Crippen LogP contribution in [0.3, 0.4) is 0 Å². The van der Waals surface area contributed by atoms with Crippen molar-refractivity contribution < 1.29 is 9.53 Å². The monoisotopic (exact) mass is 405 g/mol. The van der Waals surface area contributed by atoms with E-state index >= 15 is 0 Å². The van der Waals surface area contributed by atoms with Crippen LogP contribution in [0.15, 0.2) is 53.7 Å². The number of rotatable bonds is 7. The van der Waals surface area contributed by atoms with Gasteiger partial charge in [-0.3, -0.25) is 14.2 Å². The van der Waals surface area contributed by atoms with Crippen LogP contribution < -0.4 is 15.6 Å². The molecule has 0 spiro atoms. The molecule has 8 heteroatoms. The van der Waals surface area contributed by atoms with Crippen LogP contribution in [0.5, 0.6) is 5.75 Å². The Kier molecular flexibility index (Phi) is 5.83. The Morgan fingerprint density at radius 1 is 1.20 bits per heavy atom. The molecule has 1 fully saturated rings. The smallest absolute Gasteiger partial charge is 0.255 e. The first kappa shape index (κ1) is 19.8. The first-order valence-corrected chi connectivity index (χ1v) is 9.98. The minimum absolute atomic E-state index is 0.000386. The highest BCUT2D eigenvalue weighted by atomic mass is 16.5. The molecule has 1 saturated carbocycles. The number of carbonyl (C=O) groups is 1. The number of benzene rings is 1. The van der Waals surface area contributed by atoms with Crippen LogP contribution in [-0.4, -0.2) is 38.0 Å². The van der Waals surface area contributed by atoms with Crippen molar-refractivity contribution in [3.63, 3.8) is 0 Å². The molecule has 30 heavy (non-hydrogen) atoms. The summed E-state index contributed by atoms with van der Waals surface area (Å²) < 4.78 is 7.34. The van der Waals surface area contributed by atoms with Gasteiger partial charge in [-0.2, -0.15) is 0 Å². The third-order valence-corrected chi connectivity index (χ3v) is 5.15. The van der Waals surface area contributed by atoms with Crippen molar-refractivity contribution in [1.82, 2.24) is 19.5 Å². The average molecular weight is 405 g/mol. The Morgan fingerprint density at radius 2 is 2.03 bits per heavy atom. The number of anilines is 1. The minimum Gasteiger partial charge on any atom is -0.490 e. The van der Waals surface area contributed by atoms with Gasteiger partial charge in [-0.15, -0.1) is 0 Å². The van der Waals surface area contributed by atoms with Gasteiger partial charge in [0.2, 0.25) is 5.95 Å². The maximum atomic E-state index is 12.7. The molecule has 154 valence electrons. The summed E-state index contributed by atoms with van der Waals surface area (Å²) in [6.07, 6.45) is 7.70. The molecule has 0 bridgehead atoms. The van der Waals surface area contributed by atoms with Gasteiger partial charge in [0.25, 0.3) is 5.56 Å². The molecule has 0 aliphatic heterocycles. The molecule has 2 aromatic heterocycles. The largest absolute Gasteiger partial charge is 0.490 e. The number of ketones is 1. The maximum Gasteiger partial charge on any atom is 0.255 e. The fourth-order valence-corrected chi connectivity index (χ4v) is 3.47. The Hall–Kier alpha value is -3.55. The summed E-state index contributed by atoms with van der Waals surface area (Å²) in [5.41, 5.74) is 1.26. The summed E-state index contributed by atoms with van der Waals surface area (Å²) in [6.45, 7) is 0.000386. The molecule has 1 aromatic carbocycles. The number of hydrogen-bond donors (Lipinski definition) is 1. The number of hydrogen-bond acceptors (Lipinski definition) is 7. The highest BCUT2D eigenvalue weighted by Gasteiger charge is 2.17. The molecule has 1 aliphatic rings.